The van der Waals surface area contributed by atoms with Crippen LogP contribution in [-0.2, 0) is 27.9 Å². The summed E-state index contributed by atoms with van der Waals surface area (Å²) >= 11 is 0. The molecule has 3 heterocycles. The Morgan fingerprint density at radius 2 is 1.67 bits per heavy atom. The molecule has 0 aromatic carbocycles. The second-order valence-corrected chi connectivity index (χ2v) is 25.0. The lowest BCUT2D eigenvalue weighted by Crippen LogP contribution is -2.59. The van der Waals surface area contributed by atoms with Gasteiger partial charge in [-0.25, -0.2) is 13.5 Å². The number of hydrogen-bond donors (Lipinski definition) is 2. The Labute approximate surface area is 250 Å². The summed E-state index contributed by atoms with van der Waals surface area (Å²) < 4.78 is 53.6. The minimum Gasteiger partial charge on any atom is -0.414 e. The maximum Gasteiger partial charge on any atom is 0.337 e. The maximum atomic E-state index is 13.7. The van der Waals surface area contributed by atoms with Gasteiger partial charge in [-0.3, -0.25) is 9.36 Å². The van der Waals surface area contributed by atoms with Gasteiger partial charge in [0.2, 0.25) is 0 Å². The first-order valence-electron chi connectivity index (χ1n) is 13.9. The van der Waals surface area contributed by atoms with Gasteiger partial charge >= 0.3 is 5.69 Å². The van der Waals surface area contributed by atoms with Crippen molar-refractivity contribution in [3.63, 3.8) is 0 Å². The molecule has 1 fully saturated rings. The van der Waals surface area contributed by atoms with Crippen molar-refractivity contribution in [1.82, 2.24) is 9.13 Å². The fourth-order valence-electron chi connectivity index (χ4n) is 4.40. The normalized spacial score (nSPS) is 26.9. The maximum absolute atomic E-state index is 13.7. The molecule has 1 aromatic heterocycles. The van der Waals surface area contributed by atoms with Crippen LogP contribution >= 0.6 is 0 Å². The van der Waals surface area contributed by atoms with E-state index in [0.717, 1.165) is 9.98 Å². The van der Waals surface area contributed by atoms with Crippen LogP contribution in [0.1, 0.15) is 53.3 Å². The molecule has 0 aliphatic carbocycles. The van der Waals surface area contributed by atoms with Crippen molar-refractivity contribution >= 4 is 33.0 Å². The highest BCUT2D eigenvalue weighted by molar-refractivity contribution is 7.90. The number of rotatable bonds is 8. The molecule has 2 aliphatic heterocycles. The summed E-state index contributed by atoms with van der Waals surface area (Å²) in [6, 6.07) is 0. The average molecular weight is 646 g/mol. The van der Waals surface area contributed by atoms with Crippen LogP contribution in [0.4, 0.5) is 0 Å². The predicted octanol–water partition coefficient (Wildman–Crippen LogP) is 2.99. The van der Waals surface area contributed by atoms with Crippen LogP contribution in [-0.4, -0.2) is 70.3 Å². The molecule has 3 N–H and O–H groups in total. The second-order valence-electron chi connectivity index (χ2n) is 14.1. The van der Waals surface area contributed by atoms with Crippen LogP contribution in [0, 0.1) is 6.92 Å². The molecule has 0 radical (unpaired) electrons. The van der Waals surface area contributed by atoms with E-state index in [-0.39, 0.29) is 34.6 Å². The van der Waals surface area contributed by atoms with Crippen LogP contribution in [0.15, 0.2) is 33.0 Å². The van der Waals surface area contributed by atoms with Crippen LogP contribution in [0.2, 0.25) is 36.3 Å². The van der Waals surface area contributed by atoms with Gasteiger partial charge in [0.1, 0.15) is 12.2 Å². The number of nitrogens with zero attached hydrogens (tertiary/aromatic N) is 2. The van der Waals surface area contributed by atoms with Crippen LogP contribution in [0.5, 0.6) is 0 Å². The molecular weight excluding hydrogens is 599 g/mol. The van der Waals surface area contributed by atoms with E-state index in [1.54, 1.807) is 6.92 Å². The molecule has 1 spiro atoms. The third-order valence-electron chi connectivity index (χ3n) is 9.02. The number of aliphatic hydroxyl groups excluding tert-OH is 1. The molecule has 12 nitrogen and oxygen atoms in total. The molecule has 42 heavy (non-hydrogen) atoms. The number of hydrogen-bond acceptors (Lipinski definition) is 10. The second kappa shape index (κ2) is 11.3. The summed E-state index contributed by atoms with van der Waals surface area (Å²) in [5.41, 5.74) is 3.41. The highest BCUT2D eigenvalue weighted by atomic mass is 32.2. The summed E-state index contributed by atoms with van der Waals surface area (Å²) in [6.45, 7) is 21.5. The molecule has 0 amide bonds. The van der Waals surface area contributed by atoms with Crippen LogP contribution in [0.3, 0.4) is 0 Å². The van der Waals surface area contributed by atoms with Gasteiger partial charge in [0, 0.05) is 18.0 Å². The zero-order valence-electron chi connectivity index (χ0n) is 26.5. The monoisotopic (exact) mass is 645 g/mol. The first-order valence-corrected chi connectivity index (χ1v) is 21.2. The molecule has 1 saturated heterocycles. The van der Waals surface area contributed by atoms with Crippen molar-refractivity contribution < 1.29 is 31.3 Å². The molecule has 4 atom stereocenters. The lowest BCUT2D eigenvalue weighted by Gasteiger charge is -2.43. The molecule has 0 saturated carbocycles. The van der Waals surface area contributed by atoms with E-state index < -0.39 is 62.0 Å². The largest absolute Gasteiger partial charge is 0.414 e. The topological polar surface area (TPSA) is 161 Å². The number of ether oxygens (including phenoxy) is 1. The number of aliphatic hydroxyl groups is 1. The van der Waals surface area contributed by atoms with Crippen LogP contribution in [0.25, 0.3) is 6.20 Å². The third kappa shape index (κ3) is 6.20. The molecule has 0 bridgehead atoms. The smallest absolute Gasteiger partial charge is 0.337 e. The number of aromatic nitrogens is 2. The Morgan fingerprint density at radius 1 is 1.10 bits per heavy atom. The van der Waals surface area contributed by atoms with Gasteiger partial charge in [-0.15, -0.1) is 0 Å². The summed E-state index contributed by atoms with van der Waals surface area (Å²) in [5.74, 6) is 0. The minimum absolute atomic E-state index is 0.0772. The van der Waals surface area contributed by atoms with Gasteiger partial charge in [-0.05, 0) is 49.3 Å². The van der Waals surface area contributed by atoms with E-state index in [0.29, 0.717) is 0 Å². The molecule has 2 aliphatic rings. The van der Waals surface area contributed by atoms with E-state index in [1.165, 1.54) is 23.0 Å². The molecule has 15 heteroatoms. The van der Waals surface area contributed by atoms with Gasteiger partial charge in [0.15, 0.2) is 28.5 Å². The summed E-state index contributed by atoms with van der Waals surface area (Å²) in [4.78, 5) is 26.6. The Hall–Kier alpha value is -1.86. The van der Waals surface area contributed by atoms with E-state index in [4.69, 9.17) is 23.5 Å². The Morgan fingerprint density at radius 3 is 2.14 bits per heavy atom. The van der Waals surface area contributed by atoms with Crippen molar-refractivity contribution in [3.05, 3.63) is 49.8 Å². The SMILES string of the molecule is Cc1cn([C@@H]2O[C@H](CO[Si](C)(C)C(C)(C)C)C3(OS(=O)(=O)C=C3N)[C@H]2O[Si](C)(C)C(C)(C)C)c(=O)n(/C=C\CO)c1=O. The molecule has 3 rings (SSSR count). The molecular formula is C27H47N3O9SSi2. The first-order chi connectivity index (χ1) is 18.9. The number of aryl methyl sites for hydroxylation is 1. The van der Waals surface area contributed by atoms with Gasteiger partial charge in [0.25, 0.3) is 15.7 Å². The minimum atomic E-state index is -4.23. The van der Waals surface area contributed by atoms with Gasteiger partial charge in [0.05, 0.1) is 24.3 Å². The highest BCUT2D eigenvalue weighted by Crippen LogP contribution is 2.52. The van der Waals surface area contributed by atoms with Crippen molar-refractivity contribution in [1.29, 1.82) is 0 Å². The zero-order chi connectivity index (χ0) is 32.3. The summed E-state index contributed by atoms with van der Waals surface area (Å²) in [7, 11) is -9.32. The van der Waals surface area contributed by atoms with Crippen molar-refractivity contribution in [3.8, 4) is 0 Å². The zero-order valence-corrected chi connectivity index (χ0v) is 29.4. The van der Waals surface area contributed by atoms with E-state index in [2.05, 4.69) is 33.9 Å². The predicted molar refractivity (Wildman–Crippen MR) is 166 cm³/mol. The third-order valence-corrected chi connectivity index (χ3v) is 19.0. The highest BCUT2D eigenvalue weighted by Gasteiger charge is 2.67. The fourth-order valence-corrected chi connectivity index (χ4v) is 7.91. The molecule has 1 aromatic rings. The summed E-state index contributed by atoms with van der Waals surface area (Å²) in [6.07, 6.45) is 0.273. The van der Waals surface area contributed by atoms with Crippen LogP contribution < -0.4 is 17.0 Å². The van der Waals surface area contributed by atoms with Crippen molar-refractivity contribution in [2.75, 3.05) is 13.2 Å². The van der Waals surface area contributed by atoms with E-state index in [9.17, 15) is 23.1 Å². The Kier molecular flexibility index (Phi) is 9.28. The van der Waals surface area contributed by atoms with E-state index in [1.807, 2.05) is 33.9 Å². The van der Waals surface area contributed by atoms with Crippen molar-refractivity contribution in [2.45, 2.75) is 109 Å². The lowest BCUT2D eigenvalue weighted by molar-refractivity contribution is -0.0565. The molecule has 1 unspecified atom stereocenters. The fraction of sp³-hybridized carbons (Fsp3) is 0.704. The van der Waals surface area contributed by atoms with Gasteiger partial charge in [-0.1, -0.05) is 41.5 Å². The van der Waals surface area contributed by atoms with E-state index >= 15 is 0 Å². The standard InChI is InChI=1S/C27H47N3O9SSi2/c1-18-15-30(24(33)29(22(18)32)13-12-14-31)23-21(38-42(10,11)26(5,6)7)27(19(28)17-40(34,35)39-27)20(37-23)16-36-41(8,9)25(2,3)4/h12-13,15,17,20-21,23,31H,14,16,28H2,1-11H3/b13-12-/t20-,21+,23-,27?/m1/s1. The summed E-state index contributed by atoms with van der Waals surface area (Å²) in [5, 5.41) is 9.65. The molecule has 238 valence electrons. The Balaban J connectivity index is 2.31. The van der Waals surface area contributed by atoms with Gasteiger partial charge < -0.3 is 24.4 Å². The quantitative estimate of drug-likeness (QED) is 0.318. The number of nitrogens with two attached hydrogens (primary N) is 1. The Bertz CT molecular complexity index is 1480. The van der Waals surface area contributed by atoms with Crippen molar-refractivity contribution in [2.24, 2.45) is 5.73 Å². The lowest BCUT2D eigenvalue weighted by atomic mass is 9.89. The average Bonchev–Trinajstić information content (AvgIpc) is 3.25. The first kappa shape index (κ1) is 34.6. The van der Waals surface area contributed by atoms with Gasteiger partial charge in [-0.2, -0.15) is 8.42 Å².